The van der Waals surface area contributed by atoms with Crippen LogP contribution in [-0.4, -0.2) is 51.7 Å². The van der Waals surface area contributed by atoms with E-state index in [2.05, 4.69) is 37.0 Å². The number of anilines is 2. The van der Waals surface area contributed by atoms with Crippen LogP contribution in [0.15, 0.2) is 41.7 Å². The topological polar surface area (TPSA) is 152 Å². The minimum atomic E-state index is -0.678. The summed E-state index contributed by atoms with van der Waals surface area (Å²) in [6.45, 7) is 2.01. The number of ether oxygens (including phenoxy) is 3. The molecule has 3 rings (SSSR count). The van der Waals surface area contributed by atoms with Crippen molar-refractivity contribution in [2.75, 3.05) is 32.3 Å². The van der Waals surface area contributed by atoms with Crippen molar-refractivity contribution >= 4 is 40.9 Å². The summed E-state index contributed by atoms with van der Waals surface area (Å²) in [6.07, 6.45) is 2.71. The Balaban J connectivity index is 0.000000224. The number of isothiocyanates is 1. The number of methoxy groups -OCH3 is 2. The fraction of sp³-hybridized carbons (Fsp3) is 0.235. The van der Waals surface area contributed by atoms with Gasteiger partial charge in [-0.05, 0) is 43.4 Å². The van der Waals surface area contributed by atoms with Gasteiger partial charge in [0.25, 0.3) is 0 Å². The van der Waals surface area contributed by atoms with Crippen LogP contribution >= 0.6 is 12.2 Å². The summed E-state index contributed by atoms with van der Waals surface area (Å²) in [5.74, 6) is 1.97. The summed E-state index contributed by atoms with van der Waals surface area (Å²) in [7, 11) is 3.15. The predicted molar refractivity (Wildman–Crippen MR) is 111 cm³/mol. The number of aliphatic imine (C=N–C) groups is 1. The molecule has 3 heterocycles. The first-order chi connectivity index (χ1) is 14.0. The van der Waals surface area contributed by atoms with E-state index in [1.807, 2.05) is 17.3 Å². The molecule has 0 bridgehead atoms. The number of carbonyl (C=O) groups is 1. The molecule has 154 valence electrons. The van der Waals surface area contributed by atoms with E-state index in [1.165, 1.54) is 0 Å². The zero-order valence-electron chi connectivity index (χ0n) is 16.1. The summed E-state index contributed by atoms with van der Waals surface area (Å²) in [6, 6.07) is 7.17. The van der Waals surface area contributed by atoms with Gasteiger partial charge in [0.2, 0.25) is 5.95 Å². The fourth-order valence-corrected chi connectivity index (χ4v) is 1.90. The van der Waals surface area contributed by atoms with Gasteiger partial charge in [0, 0.05) is 12.4 Å². The Bertz CT molecular complexity index is 973. The zero-order valence-corrected chi connectivity index (χ0v) is 16.9. The van der Waals surface area contributed by atoms with E-state index in [1.54, 1.807) is 50.2 Å². The second-order valence-electron chi connectivity index (χ2n) is 4.81. The summed E-state index contributed by atoms with van der Waals surface area (Å²) in [5, 5.41) is 5.81. The molecule has 3 aromatic rings. The molecule has 3 aromatic heterocycles. The first-order valence-corrected chi connectivity index (χ1v) is 8.51. The normalized spacial score (nSPS) is 9.07. The quantitative estimate of drug-likeness (QED) is 0.477. The van der Waals surface area contributed by atoms with Crippen molar-refractivity contribution in [3.63, 3.8) is 0 Å². The van der Waals surface area contributed by atoms with Gasteiger partial charge >= 0.3 is 6.09 Å². The second-order valence-corrected chi connectivity index (χ2v) is 4.99. The van der Waals surface area contributed by atoms with E-state index in [0.29, 0.717) is 29.6 Å². The maximum atomic E-state index is 10.1. The van der Waals surface area contributed by atoms with Crippen LogP contribution in [0.25, 0.3) is 5.65 Å². The number of hydrogen-bond acceptors (Lipinski definition) is 10. The molecule has 0 radical (unpaired) electrons. The Hall–Kier alpha value is -3.76. The highest BCUT2D eigenvalue weighted by Gasteiger charge is 2.04. The molecule has 0 aromatic carbocycles. The third kappa shape index (κ3) is 7.79. The number of nitrogens with zero attached hydrogens (tertiary/aromatic N) is 5. The Morgan fingerprint density at radius 2 is 1.93 bits per heavy atom. The van der Waals surface area contributed by atoms with Crippen LogP contribution in [-0.2, 0) is 4.74 Å². The molecule has 12 heteroatoms. The number of amides is 1. The fourth-order valence-electron chi connectivity index (χ4n) is 1.83. The monoisotopic (exact) mass is 419 g/mol. The van der Waals surface area contributed by atoms with E-state index in [-0.39, 0.29) is 5.95 Å². The van der Waals surface area contributed by atoms with E-state index >= 15 is 0 Å². The van der Waals surface area contributed by atoms with Gasteiger partial charge in [-0.3, -0.25) is 0 Å². The molecule has 0 unspecified atom stereocenters. The molecule has 0 aliphatic rings. The van der Waals surface area contributed by atoms with Crippen molar-refractivity contribution in [3.8, 4) is 11.5 Å². The van der Waals surface area contributed by atoms with Crippen molar-refractivity contribution in [1.29, 1.82) is 0 Å². The molecule has 0 aliphatic heterocycles. The number of nitrogen functional groups attached to an aromatic ring is 2. The number of rotatable bonds is 3. The van der Waals surface area contributed by atoms with Crippen molar-refractivity contribution in [1.82, 2.24) is 19.6 Å². The summed E-state index contributed by atoms with van der Waals surface area (Å²) in [5.41, 5.74) is 11.4. The lowest BCUT2D eigenvalue weighted by molar-refractivity contribution is 0.164. The lowest BCUT2D eigenvalue weighted by atomic mass is 10.4. The second kappa shape index (κ2) is 12.6. The van der Waals surface area contributed by atoms with Gasteiger partial charge in [0.1, 0.15) is 0 Å². The maximum absolute atomic E-state index is 10.1. The van der Waals surface area contributed by atoms with E-state index < -0.39 is 6.09 Å². The van der Waals surface area contributed by atoms with Crippen molar-refractivity contribution in [2.45, 2.75) is 6.92 Å². The highest BCUT2D eigenvalue weighted by molar-refractivity contribution is 7.78. The van der Waals surface area contributed by atoms with Gasteiger partial charge in [-0.2, -0.15) is 4.98 Å². The largest absolute Gasteiger partial charge is 0.493 e. The minimum absolute atomic E-state index is 0.250. The van der Waals surface area contributed by atoms with Gasteiger partial charge in [-0.1, -0.05) is 0 Å². The summed E-state index contributed by atoms with van der Waals surface area (Å²) < 4.78 is 15.8. The lowest BCUT2D eigenvalue weighted by Crippen LogP contribution is -1.95. The van der Waals surface area contributed by atoms with Crippen LogP contribution in [0.3, 0.4) is 0 Å². The van der Waals surface area contributed by atoms with Gasteiger partial charge in [-0.25, -0.2) is 14.3 Å². The molecular formula is C17H21N7O4S. The SMILES string of the molecule is CCOC(=O)N=C=S.COc1cccn2nc(N)nc12.COc1cccnc1N. The Morgan fingerprint density at radius 1 is 1.24 bits per heavy atom. The highest BCUT2D eigenvalue weighted by atomic mass is 32.1. The number of pyridine rings is 2. The molecule has 1 amide bonds. The third-order valence-corrected chi connectivity index (χ3v) is 3.08. The van der Waals surface area contributed by atoms with Gasteiger partial charge in [-0.15, -0.1) is 10.1 Å². The van der Waals surface area contributed by atoms with Crippen molar-refractivity contribution in [3.05, 3.63) is 36.7 Å². The Kier molecular flexibility index (Phi) is 10.1. The molecule has 29 heavy (non-hydrogen) atoms. The molecule has 0 spiro atoms. The lowest BCUT2D eigenvalue weighted by Gasteiger charge is -1.99. The highest BCUT2D eigenvalue weighted by Crippen LogP contribution is 2.16. The smallest absolute Gasteiger partial charge is 0.442 e. The molecule has 0 saturated carbocycles. The van der Waals surface area contributed by atoms with Gasteiger partial charge in [0.15, 0.2) is 23.0 Å². The van der Waals surface area contributed by atoms with E-state index in [4.69, 9.17) is 20.9 Å². The van der Waals surface area contributed by atoms with Crippen LogP contribution in [0.5, 0.6) is 11.5 Å². The number of fused-ring (bicyclic) bond motifs is 1. The zero-order chi connectivity index (χ0) is 21.6. The van der Waals surface area contributed by atoms with Crippen LogP contribution in [0.4, 0.5) is 16.6 Å². The minimum Gasteiger partial charge on any atom is -0.493 e. The number of nitrogens with two attached hydrogens (primary N) is 2. The molecular weight excluding hydrogens is 398 g/mol. The number of thiocarbonyl (C=S) groups is 1. The number of hydrogen-bond donors (Lipinski definition) is 2. The standard InChI is InChI=1S/C7H8N4O.C6H8N2O.C4H5NO2S/c1-12-5-3-2-4-11-6(5)9-7(8)10-11;1-9-5-3-2-4-8-6(5)7;1-2-7-4(6)5-3-8/h2-4H,1H3,(H2,8,10);2-4H,1H3,(H2,7,8);2H2,1H3. The first-order valence-electron chi connectivity index (χ1n) is 8.10. The molecule has 0 fully saturated rings. The van der Waals surface area contributed by atoms with E-state index in [9.17, 15) is 4.79 Å². The number of carbonyl (C=O) groups excluding carboxylic acids is 1. The Labute approximate surface area is 172 Å². The molecule has 0 aliphatic carbocycles. The molecule has 0 atom stereocenters. The average molecular weight is 419 g/mol. The average Bonchev–Trinajstić information content (AvgIpc) is 3.10. The predicted octanol–water partition coefficient (Wildman–Crippen LogP) is 2.24. The third-order valence-electron chi connectivity index (χ3n) is 2.99. The molecule has 4 N–H and O–H groups in total. The molecule has 11 nitrogen and oxygen atoms in total. The van der Waals surface area contributed by atoms with Crippen LogP contribution in [0.1, 0.15) is 6.92 Å². The van der Waals surface area contributed by atoms with Crippen molar-refractivity contribution < 1.29 is 19.0 Å². The van der Waals surface area contributed by atoms with Crippen LogP contribution < -0.4 is 20.9 Å². The summed E-state index contributed by atoms with van der Waals surface area (Å²) >= 11 is 4.12. The Morgan fingerprint density at radius 3 is 2.48 bits per heavy atom. The van der Waals surface area contributed by atoms with E-state index in [0.717, 1.165) is 0 Å². The van der Waals surface area contributed by atoms with Gasteiger partial charge in [0.05, 0.1) is 26.0 Å². The van der Waals surface area contributed by atoms with Crippen LogP contribution in [0.2, 0.25) is 0 Å². The van der Waals surface area contributed by atoms with Crippen LogP contribution in [0, 0.1) is 0 Å². The maximum Gasteiger partial charge on any atom is 0.442 e. The number of aromatic nitrogens is 4. The first kappa shape index (κ1) is 23.3. The molecule has 0 saturated heterocycles. The van der Waals surface area contributed by atoms with Crippen molar-refractivity contribution in [2.24, 2.45) is 4.99 Å². The summed E-state index contributed by atoms with van der Waals surface area (Å²) in [4.78, 5) is 20.9. The van der Waals surface area contributed by atoms with Gasteiger partial charge < -0.3 is 25.7 Å².